The summed E-state index contributed by atoms with van der Waals surface area (Å²) in [6, 6.07) is 167. The monoisotopic (exact) mass is 1920 g/mol. The Morgan fingerprint density at radius 2 is 0.313 bits per heavy atom. The van der Waals surface area contributed by atoms with Gasteiger partial charge in [0, 0.05) is 115 Å². The van der Waals surface area contributed by atoms with Gasteiger partial charge in [-0.15, -0.1) is 0 Å². The summed E-state index contributed by atoms with van der Waals surface area (Å²) in [6.07, 6.45) is 0. The first kappa shape index (κ1) is 87.3. The number of hydrogen-bond acceptors (Lipinski definition) is 15. The van der Waals surface area contributed by atoms with Gasteiger partial charge in [-0.25, -0.2) is 44.9 Å². The third kappa shape index (κ3) is 16.3. The second-order valence-electron chi connectivity index (χ2n) is 37.3. The number of hydrogen-bond donors (Lipinski definition) is 0. The van der Waals surface area contributed by atoms with E-state index in [0.29, 0.717) is 52.4 Å². The number of furan rings is 6. The van der Waals surface area contributed by atoms with Crippen molar-refractivity contribution in [2.24, 2.45) is 0 Å². The molecule has 30 aromatic rings. The van der Waals surface area contributed by atoms with E-state index in [9.17, 15) is 0 Å². The van der Waals surface area contributed by atoms with Gasteiger partial charge in [0.1, 0.15) is 67.0 Å². The number of aromatic nitrogens is 9. The molecule has 0 fully saturated rings. The molecule has 0 spiro atoms. The Hall–Kier alpha value is -20.5. The van der Waals surface area contributed by atoms with Crippen molar-refractivity contribution in [1.29, 1.82) is 0 Å². The fraction of sp³-hybridized carbons (Fsp3) is 0. The highest BCUT2D eigenvalue weighted by Crippen LogP contribution is 2.46. The molecular formula is C135H81N9O6. The summed E-state index contributed by atoms with van der Waals surface area (Å²) in [5.74, 6) is 5.16. The second-order valence-corrected chi connectivity index (χ2v) is 37.3. The Morgan fingerprint density at radius 3 is 0.727 bits per heavy atom. The van der Waals surface area contributed by atoms with Crippen molar-refractivity contribution in [1.82, 2.24) is 44.9 Å². The van der Waals surface area contributed by atoms with Gasteiger partial charge in [0.2, 0.25) is 0 Å². The van der Waals surface area contributed by atoms with E-state index in [1.807, 2.05) is 212 Å². The van der Waals surface area contributed by atoms with Crippen molar-refractivity contribution in [2.75, 3.05) is 0 Å². The molecule has 9 heterocycles. The summed E-state index contributed by atoms with van der Waals surface area (Å²) in [5.41, 5.74) is 31.1. The minimum atomic E-state index is 0.557. The zero-order valence-electron chi connectivity index (χ0n) is 80.2. The zero-order chi connectivity index (χ0) is 99.1. The Kier molecular flexibility index (Phi) is 21.5. The van der Waals surface area contributed by atoms with E-state index < -0.39 is 0 Å². The van der Waals surface area contributed by atoms with Crippen molar-refractivity contribution in [2.45, 2.75) is 0 Å². The topological polar surface area (TPSA) is 195 Å². The maximum atomic E-state index is 6.46. The SMILES string of the molecule is c1ccc(-c2ccc(-c3nc(-c4ccc5c(c4)oc4ccccc45)nc(-c4cc(-c5ccccc5)c5c(c4)oc4ccccc45)n3)cc2)cc1.c1ccc(-c2ccc3c(c2)oc2cc(-c4nc(-c5ccccc5)nc(-c5ccc6c(c5)oc5ccc(-c7ccccc7)cc56)n4)ccc23)cc1.c1ccc(-c2ccc3c(c2)oc2cc(-c4nc(-c5ccccc5)nc(-c5ccc6c(c5)oc5cccc(-c7ccccc7)c56)n4)ccc23)cc1. The normalized spacial score (nSPS) is 11.6. The molecule has 0 bridgehead atoms. The molecular weight excluding hydrogens is 1840 g/mol. The van der Waals surface area contributed by atoms with Crippen molar-refractivity contribution < 1.29 is 26.5 Å². The maximum absolute atomic E-state index is 6.46. The summed E-state index contributed by atoms with van der Waals surface area (Å²) in [6.45, 7) is 0. The van der Waals surface area contributed by atoms with Gasteiger partial charge in [0.15, 0.2) is 52.4 Å². The Bertz CT molecular complexity index is 10400. The highest BCUT2D eigenvalue weighted by Gasteiger charge is 2.26. The first-order valence-electron chi connectivity index (χ1n) is 49.8. The molecule has 0 atom stereocenters. The van der Waals surface area contributed by atoms with Gasteiger partial charge in [-0.05, 0) is 194 Å². The molecule has 702 valence electrons. The molecule has 0 aliphatic heterocycles. The van der Waals surface area contributed by atoms with Gasteiger partial charge in [-0.3, -0.25) is 0 Å². The second kappa shape index (κ2) is 37.0. The number of nitrogens with zero attached hydrogens (tertiary/aromatic N) is 9. The summed E-state index contributed by atoms with van der Waals surface area (Å²) >= 11 is 0. The van der Waals surface area contributed by atoms with Crippen LogP contribution in [0.2, 0.25) is 0 Å². The molecule has 0 aliphatic rings. The van der Waals surface area contributed by atoms with Gasteiger partial charge in [0.05, 0.1) is 0 Å². The lowest BCUT2D eigenvalue weighted by Crippen LogP contribution is -2.00. The van der Waals surface area contributed by atoms with Crippen LogP contribution in [0, 0.1) is 0 Å². The lowest BCUT2D eigenvalue weighted by Gasteiger charge is -2.11. The first-order chi connectivity index (χ1) is 74.2. The third-order valence-electron chi connectivity index (χ3n) is 28.0. The average Bonchev–Trinajstić information content (AvgIpc) is 1.61. The fourth-order valence-electron chi connectivity index (χ4n) is 20.6. The number of rotatable bonds is 15. The standard InChI is InChI=1S/3C45H27N3O2/c1-4-11-28(12-5-1)31-19-22-35-36-23-20-32(26-40(36)50-39(35)25-31)44-46-43(30-15-8-3-9-16-30)47-45(48-44)33-21-24-37-41(27-33)49-38-18-10-17-34(42(37)38)29-13-6-2-7-14-29;1-4-10-28(11-5-1)31-19-23-39-38(24-31)37-22-18-34(27-42(37)49-39)45-47-43(30-14-8-3-9-15-30)46-44(48-45)33-17-21-36-35-20-16-32(29-12-6-2-7-13-29)25-40(35)50-41(36)26-33;1-3-11-28(12-4-1)29-19-21-31(22-20-29)43-46-44(32-23-24-35-34-15-7-9-17-38(34)49-40(35)26-32)48-45(47-43)33-25-37(30-13-5-2-6-14-30)42-36-16-8-10-18-39(36)50-41(42)27-33/h3*1-27H. The molecule has 30 rings (SSSR count). The minimum absolute atomic E-state index is 0.557. The van der Waals surface area contributed by atoms with Crippen LogP contribution in [0.5, 0.6) is 0 Å². The largest absolute Gasteiger partial charge is 0.456 e. The molecule has 0 radical (unpaired) electrons. The molecule has 15 heteroatoms. The minimum Gasteiger partial charge on any atom is -0.456 e. The van der Waals surface area contributed by atoms with Crippen molar-refractivity contribution in [3.05, 3.63) is 491 Å². The molecule has 0 aliphatic carbocycles. The van der Waals surface area contributed by atoms with Gasteiger partial charge in [0.25, 0.3) is 0 Å². The van der Waals surface area contributed by atoms with Gasteiger partial charge in [-0.1, -0.05) is 364 Å². The predicted molar refractivity (Wildman–Crippen MR) is 605 cm³/mol. The predicted octanol–water partition coefficient (Wildman–Crippen LogP) is 36.0. The first-order valence-corrected chi connectivity index (χ1v) is 49.8. The van der Waals surface area contributed by atoms with Crippen molar-refractivity contribution in [3.63, 3.8) is 0 Å². The van der Waals surface area contributed by atoms with Crippen LogP contribution < -0.4 is 0 Å². The van der Waals surface area contributed by atoms with E-state index in [1.54, 1.807) is 0 Å². The van der Waals surface area contributed by atoms with Crippen LogP contribution in [0.1, 0.15) is 0 Å². The van der Waals surface area contributed by atoms with Crippen LogP contribution in [0.15, 0.2) is 518 Å². The molecule has 0 saturated carbocycles. The molecule has 21 aromatic carbocycles. The van der Waals surface area contributed by atoms with Crippen LogP contribution in [0.3, 0.4) is 0 Å². The van der Waals surface area contributed by atoms with Gasteiger partial charge in [-0.2, -0.15) is 0 Å². The van der Waals surface area contributed by atoms with E-state index in [-0.39, 0.29) is 0 Å². The molecule has 0 unspecified atom stereocenters. The van der Waals surface area contributed by atoms with E-state index >= 15 is 0 Å². The molecule has 0 N–H and O–H groups in total. The van der Waals surface area contributed by atoms with E-state index in [4.69, 9.17) is 71.4 Å². The Labute approximate surface area is 857 Å². The summed E-state index contributed by atoms with van der Waals surface area (Å²) in [7, 11) is 0. The number of fused-ring (bicyclic) bond motifs is 18. The molecule has 9 aromatic heterocycles. The van der Waals surface area contributed by atoms with E-state index in [0.717, 1.165) is 243 Å². The van der Waals surface area contributed by atoms with Crippen molar-refractivity contribution >= 4 is 132 Å². The molecule has 0 saturated heterocycles. The Balaban J connectivity index is 0.000000108. The van der Waals surface area contributed by atoms with Crippen LogP contribution in [0.25, 0.3) is 301 Å². The third-order valence-corrected chi connectivity index (χ3v) is 28.0. The van der Waals surface area contributed by atoms with Gasteiger partial charge >= 0.3 is 0 Å². The lowest BCUT2D eigenvalue weighted by molar-refractivity contribution is 0.668. The highest BCUT2D eigenvalue weighted by atomic mass is 16.3. The summed E-state index contributed by atoms with van der Waals surface area (Å²) in [5, 5.41) is 12.8. The van der Waals surface area contributed by atoms with Gasteiger partial charge < -0.3 is 26.5 Å². The fourth-order valence-corrected chi connectivity index (χ4v) is 20.6. The van der Waals surface area contributed by atoms with Crippen LogP contribution in [0.4, 0.5) is 0 Å². The van der Waals surface area contributed by atoms with Crippen LogP contribution in [-0.2, 0) is 0 Å². The quantitative estimate of drug-likeness (QED) is 0.0939. The molecule has 150 heavy (non-hydrogen) atoms. The number of benzene rings is 21. The lowest BCUT2D eigenvalue weighted by atomic mass is 9.97. The molecule has 15 nitrogen and oxygen atoms in total. The smallest absolute Gasteiger partial charge is 0.164 e. The van der Waals surface area contributed by atoms with Crippen LogP contribution in [-0.4, -0.2) is 44.9 Å². The average molecular weight is 1930 g/mol. The zero-order valence-corrected chi connectivity index (χ0v) is 80.2. The van der Waals surface area contributed by atoms with E-state index in [2.05, 4.69) is 279 Å². The highest BCUT2D eigenvalue weighted by molar-refractivity contribution is 6.16. The molecule has 0 amide bonds. The maximum Gasteiger partial charge on any atom is 0.164 e. The van der Waals surface area contributed by atoms with Crippen molar-refractivity contribution in [3.8, 4) is 169 Å². The number of para-hydroxylation sites is 2. The Morgan fingerprint density at radius 1 is 0.100 bits per heavy atom. The van der Waals surface area contributed by atoms with Crippen LogP contribution >= 0.6 is 0 Å². The van der Waals surface area contributed by atoms with E-state index in [1.165, 1.54) is 5.56 Å². The summed E-state index contributed by atoms with van der Waals surface area (Å²) in [4.78, 5) is 45.2. The summed E-state index contributed by atoms with van der Waals surface area (Å²) < 4.78 is 38.4.